The number of rotatable bonds is 16. The molecule has 0 spiro atoms. The highest BCUT2D eigenvalue weighted by molar-refractivity contribution is 7.20. The minimum Gasteiger partial charge on any atom is -0.278 e. The molecule has 0 atom stereocenters. The van der Waals surface area contributed by atoms with Gasteiger partial charge in [-0.15, -0.1) is 0 Å². The van der Waals surface area contributed by atoms with Crippen LogP contribution in [0.5, 0.6) is 0 Å². The smallest absolute Gasteiger partial charge is 0.220 e. The van der Waals surface area contributed by atoms with Crippen LogP contribution in [-0.4, -0.2) is 52.1 Å². The molecular formula is C101H78N6Si3. The van der Waals surface area contributed by atoms with Gasteiger partial charge in [0.1, 0.15) is 16.1 Å². The number of aromatic nitrogens is 6. The maximum absolute atomic E-state index is 5.22. The van der Waals surface area contributed by atoms with Crippen LogP contribution in [0.15, 0.2) is 437 Å². The predicted octanol–water partition coefficient (Wildman–Crippen LogP) is 16.8. The van der Waals surface area contributed by atoms with Gasteiger partial charge < -0.3 is 0 Å². The molecule has 6 nitrogen and oxygen atoms in total. The van der Waals surface area contributed by atoms with Gasteiger partial charge in [-0.2, -0.15) is 0 Å². The van der Waals surface area contributed by atoms with Gasteiger partial charge in [0.2, 0.25) is 11.6 Å². The zero-order chi connectivity index (χ0) is 73.6. The van der Waals surface area contributed by atoms with E-state index in [1.807, 2.05) is 0 Å². The molecule has 4 heterocycles. The quantitative estimate of drug-likeness (QED) is 0.0715. The number of nitrogens with zero attached hydrogens (tertiary/aromatic N) is 6. The first-order valence-electron chi connectivity index (χ1n) is 38.0. The Labute approximate surface area is 644 Å². The summed E-state index contributed by atoms with van der Waals surface area (Å²) in [4.78, 5) is 10.4. The third-order valence-electron chi connectivity index (χ3n) is 23.3. The third kappa shape index (κ3) is 11.0. The van der Waals surface area contributed by atoms with Crippen molar-refractivity contribution in [2.45, 2.75) is 18.5 Å². The molecule has 20 rings (SSSR count). The summed E-state index contributed by atoms with van der Waals surface area (Å²) >= 11 is 0. The van der Waals surface area contributed by atoms with Crippen LogP contribution in [-0.2, 0) is 5.41 Å². The summed E-state index contributed by atoms with van der Waals surface area (Å²) in [6.45, 7) is 5.00. The van der Waals surface area contributed by atoms with Gasteiger partial charge in [-0.05, 0) is 147 Å². The van der Waals surface area contributed by atoms with Crippen LogP contribution in [0.4, 0.5) is 0 Å². The van der Waals surface area contributed by atoms with Crippen LogP contribution >= 0.6 is 0 Å². The van der Waals surface area contributed by atoms with Crippen molar-refractivity contribution < 1.29 is 0 Å². The van der Waals surface area contributed by atoms with E-state index in [1.54, 1.807) is 0 Å². The van der Waals surface area contributed by atoms with Gasteiger partial charge in [0.15, 0.2) is 8.07 Å². The Balaban J connectivity index is 0.000000149. The molecule has 0 bridgehead atoms. The molecule has 0 fully saturated rings. The molecule has 0 radical (unpaired) electrons. The fourth-order valence-electron chi connectivity index (χ4n) is 17.9. The molecule has 16 aromatic carbocycles. The number of benzene rings is 16. The molecule has 110 heavy (non-hydrogen) atoms. The van der Waals surface area contributed by atoms with Crippen LogP contribution < -0.4 is 51.9 Å². The van der Waals surface area contributed by atoms with Gasteiger partial charge in [-0.3, -0.25) is 17.9 Å². The molecule has 524 valence electrons. The molecular weight excluding hydrogens is 1380 g/mol. The van der Waals surface area contributed by atoms with Crippen LogP contribution in [0, 0.1) is 0 Å². The van der Waals surface area contributed by atoms with E-state index < -0.39 is 29.6 Å². The first kappa shape index (κ1) is 67.3. The fraction of sp³-hybridized carbons (Fsp3) is 0.0297. The Bertz CT molecular complexity index is 6510. The highest BCUT2D eigenvalue weighted by atomic mass is 28.3. The lowest BCUT2D eigenvalue weighted by molar-refractivity contribution is 0.745. The average Bonchev–Trinajstić information content (AvgIpc) is 1.62. The molecule has 0 aliphatic carbocycles. The first-order chi connectivity index (χ1) is 54.3. The van der Waals surface area contributed by atoms with Gasteiger partial charge in [0.05, 0.1) is 49.5 Å². The van der Waals surface area contributed by atoms with Crippen LogP contribution in [0.1, 0.15) is 22.3 Å². The topological polar surface area (TPSA) is 44.5 Å². The molecule has 0 amide bonds. The molecule has 0 saturated carbocycles. The SMILES string of the molecule is C[Si](c1ccccc1)(c1ccccc1)c1ccc([Si](c2ccccc2)(c2ccccc2)c2cccc(-n3c4ccccc4n4c5ccccc5nc34)c2)cc1.C[Si](c1ccccc1)(c1ccccc1)c1cccc(C(c2ccccc2)(c2ccccc2)c2cccc(-n3c4ccccc4n4c5ccccc5nc34)c2)c1. The Morgan fingerprint density at radius 3 is 0.909 bits per heavy atom. The molecule has 4 aromatic heterocycles. The lowest BCUT2D eigenvalue weighted by Crippen LogP contribution is -2.75. The molecule has 0 unspecified atom stereocenters. The minimum atomic E-state index is -2.88. The summed E-state index contributed by atoms with van der Waals surface area (Å²) < 4.78 is 9.26. The second kappa shape index (κ2) is 28.1. The summed E-state index contributed by atoms with van der Waals surface area (Å²) in [6.07, 6.45) is 0. The Kier molecular flexibility index (Phi) is 17.2. The van der Waals surface area contributed by atoms with Crippen molar-refractivity contribution in [2.24, 2.45) is 0 Å². The van der Waals surface area contributed by atoms with Gasteiger partial charge in [0, 0.05) is 11.4 Å². The molecule has 0 N–H and O–H groups in total. The summed E-state index contributed by atoms with van der Waals surface area (Å²) in [6, 6.07) is 161. The second-order valence-electron chi connectivity index (χ2n) is 29.1. The Morgan fingerprint density at radius 2 is 0.482 bits per heavy atom. The van der Waals surface area contributed by atoms with Crippen molar-refractivity contribution in [2.75, 3.05) is 0 Å². The van der Waals surface area contributed by atoms with Gasteiger partial charge in [-0.1, -0.05) is 377 Å². The average molecular weight is 1460 g/mol. The van der Waals surface area contributed by atoms with Crippen LogP contribution in [0.2, 0.25) is 13.1 Å². The number of hydrogen-bond donors (Lipinski definition) is 0. The van der Waals surface area contributed by atoms with Gasteiger partial charge in [0.25, 0.3) is 0 Å². The normalized spacial score (nSPS) is 12.1. The van der Waals surface area contributed by atoms with Crippen LogP contribution in [0.3, 0.4) is 0 Å². The summed E-state index contributed by atoms with van der Waals surface area (Å²) in [7, 11) is -7.62. The lowest BCUT2D eigenvalue weighted by Gasteiger charge is -2.38. The monoisotopic (exact) mass is 1460 g/mol. The van der Waals surface area contributed by atoms with Gasteiger partial charge >= 0.3 is 0 Å². The highest BCUT2D eigenvalue weighted by Crippen LogP contribution is 2.46. The third-order valence-corrected chi connectivity index (χ3v) is 37.0. The summed E-state index contributed by atoms with van der Waals surface area (Å²) in [5.74, 6) is 1.82. The molecule has 0 aliphatic rings. The standard InChI is InChI=1S/C51H39N3Si.C50H39N3Si2/c1-55(43-27-10-4-11-28-43,44-29-12-5-13-30-44)45-31-19-25-41(37-45)51(38-20-6-2-7-21-38,39-22-8-3-9-23-39)40-24-18-26-42(36-40)53-48-34-16-17-35-49(48)54-47-33-15-14-32-46(47)52-50(53)54;1-54(39-20-6-2-7-21-39,40-22-8-3-9-23-40)41-33-35-44(36-34-41)55(42-24-10-4-11-25-42,43-26-12-5-13-27-43)45-28-18-19-38(37-45)52-48-31-16-17-32-49(48)53-47-30-15-14-29-46(47)51-50(52)53/h2*2-37H,1H3. The molecule has 0 aliphatic heterocycles. The maximum Gasteiger partial charge on any atom is 0.220 e. The zero-order valence-electron chi connectivity index (χ0n) is 61.3. The minimum absolute atomic E-state index is 0.642. The Hall–Kier alpha value is -13.3. The van der Waals surface area contributed by atoms with E-state index in [4.69, 9.17) is 9.97 Å². The number of fused-ring (bicyclic) bond motifs is 10. The largest absolute Gasteiger partial charge is 0.278 e. The lowest BCUT2D eigenvalue weighted by atomic mass is 9.65. The van der Waals surface area contributed by atoms with Crippen molar-refractivity contribution in [3.8, 4) is 11.4 Å². The van der Waals surface area contributed by atoms with Crippen molar-refractivity contribution in [1.29, 1.82) is 0 Å². The number of para-hydroxylation sites is 8. The van der Waals surface area contributed by atoms with E-state index in [2.05, 4.69) is 468 Å². The zero-order valence-corrected chi connectivity index (χ0v) is 64.3. The van der Waals surface area contributed by atoms with Crippen LogP contribution in [0.25, 0.3) is 67.1 Å². The predicted molar refractivity (Wildman–Crippen MR) is 468 cm³/mol. The number of imidazole rings is 4. The first-order valence-corrected chi connectivity index (χ1v) is 45.0. The highest BCUT2D eigenvalue weighted by Gasteiger charge is 2.44. The maximum atomic E-state index is 5.22. The number of hydrogen-bond acceptors (Lipinski definition) is 2. The van der Waals surface area contributed by atoms with E-state index in [-0.39, 0.29) is 0 Å². The summed E-state index contributed by atoms with van der Waals surface area (Å²) in [5.41, 5.74) is 15.1. The van der Waals surface area contributed by atoms with Crippen molar-refractivity contribution in [3.05, 3.63) is 459 Å². The molecule has 20 aromatic rings. The Morgan fingerprint density at radius 1 is 0.209 bits per heavy atom. The van der Waals surface area contributed by atoms with E-state index in [1.165, 1.54) is 74.1 Å². The van der Waals surface area contributed by atoms with E-state index in [0.29, 0.717) is 0 Å². The van der Waals surface area contributed by atoms with E-state index >= 15 is 0 Å². The van der Waals surface area contributed by atoms with Crippen molar-refractivity contribution >= 4 is 132 Å². The summed E-state index contributed by atoms with van der Waals surface area (Å²) in [5, 5.41) is 13.8. The molecule has 9 heteroatoms. The van der Waals surface area contributed by atoms with Crippen molar-refractivity contribution in [3.63, 3.8) is 0 Å². The van der Waals surface area contributed by atoms with E-state index in [0.717, 1.165) is 67.1 Å². The molecule has 0 saturated heterocycles. The fourth-order valence-corrected chi connectivity index (χ4v) is 29.8. The van der Waals surface area contributed by atoms with Crippen molar-refractivity contribution in [1.82, 2.24) is 27.9 Å². The van der Waals surface area contributed by atoms with E-state index in [9.17, 15) is 0 Å². The second-order valence-corrected chi connectivity index (χ2v) is 40.8. The van der Waals surface area contributed by atoms with Gasteiger partial charge in [-0.25, -0.2) is 9.97 Å².